The summed E-state index contributed by atoms with van der Waals surface area (Å²) in [6, 6.07) is 0.822. The number of alkyl halides is 7. The number of aromatic nitrogens is 2. The first-order valence-corrected chi connectivity index (χ1v) is 3.63. The van der Waals surface area contributed by atoms with Crippen molar-refractivity contribution >= 4 is 0 Å². The van der Waals surface area contributed by atoms with Crippen LogP contribution >= 0.6 is 0 Å². The molecule has 1 radical (unpaired) electrons. The lowest BCUT2D eigenvalue weighted by Crippen LogP contribution is -2.51. The van der Waals surface area contributed by atoms with Crippen molar-refractivity contribution in [2.24, 2.45) is 0 Å². The highest BCUT2D eigenvalue weighted by atomic mass is 19.4. The van der Waals surface area contributed by atoms with Gasteiger partial charge in [0.15, 0.2) is 0 Å². The van der Waals surface area contributed by atoms with Crippen LogP contribution in [0.1, 0.15) is 5.69 Å². The van der Waals surface area contributed by atoms with Gasteiger partial charge in [-0.15, -0.1) is 5.10 Å². The van der Waals surface area contributed by atoms with E-state index in [1.54, 1.807) is 0 Å². The molecular weight excluding hydrogens is 245 g/mol. The monoisotopic (exact) mass is 247 g/mol. The molecule has 9 heteroatoms. The molecule has 1 rings (SSSR count). The first-order chi connectivity index (χ1) is 7.11. The lowest BCUT2D eigenvalue weighted by atomic mass is 10.0. The second-order valence-electron chi connectivity index (χ2n) is 2.70. The van der Waals surface area contributed by atoms with Gasteiger partial charge < -0.3 is 0 Å². The molecule has 16 heavy (non-hydrogen) atoms. The fraction of sp³-hybridized carbons (Fsp3) is 0.429. The highest BCUT2D eigenvalue weighted by molar-refractivity contribution is 5.16. The largest absolute Gasteiger partial charge is 0.437 e. The van der Waals surface area contributed by atoms with Gasteiger partial charge in [0.25, 0.3) is 0 Å². The maximum absolute atomic E-state index is 13.2. The van der Waals surface area contributed by atoms with Crippen molar-refractivity contribution in [1.29, 1.82) is 0 Å². The first-order valence-electron chi connectivity index (χ1n) is 3.63. The van der Waals surface area contributed by atoms with Gasteiger partial charge in [-0.05, 0) is 12.1 Å². The van der Waals surface area contributed by atoms with Crippen molar-refractivity contribution in [3.8, 4) is 0 Å². The topological polar surface area (TPSA) is 25.8 Å². The summed E-state index contributed by atoms with van der Waals surface area (Å²) in [6.45, 7) is 0. The Balaban J connectivity index is 3.39. The Morgan fingerprint density at radius 3 is 1.75 bits per heavy atom. The molecule has 0 spiro atoms. The maximum Gasteiger partial charge on any atom is 0.437 e. The highest BCUT2D eigenvalue weighted by Gasteiger charge is 2.74. The summed E-state index contributed by atoms with van der Waals surface area (Å²) in [4.78, 5) is 0. The zero-order valence-corrected chi connectivity index (χ0v) is 7.19. The highest BCUT2D eigenvalue weighted by Crippen LogP contribution is 2.52. The second kappa shape index (κ2) is 3.56. The Bertz CT molecular complexity index is 341. The Morgan fingerprint density at radius 1 is 0.938 bits per heavy atom. The third kappa shape index (κ3) is 1.81. The molecular formula is C7H2F7N2. The van der Waals surface area contributed by atoms with Gasteiger partial charge in [0.1, 0.15) is 11.9 Å². The summed E-state index contributed by atoms with van der Waals surface area (Å²) in [5, 5.41) is 5.13. The Morgan fingerprint density at radius 2 is 1.44 bits per heavy atom. The summed E-state index contributed by atoms with van der Waals surface area (Å²) in [5.41, 5.74) is -7.39. The van der Waals surface area contributed by atoms with Crippen LogP contribution < -0.4 is 0 Å². The number of halogens is 7. The van der Waals surface area contributed by atoms with Crippen LogP contribution in [0.4, 0.5) is 30.7 Å². The molecule has 0 unspecified atom stereocenters. The number of rotatable bonds is 1. The molecule has 1 aromatic rings. The average Bonchev–Trinajstić information content (AvgIpc) is 2.14. The zero-order chi connectivity index (χ0) is 12.6. The van der Waals surface area contributed by atoms with Crippen molar-refractivity contribution in [2.45, 2.75) is 18.0 Å². The smallest absolute Gasteiger partial charge is 0.216 e. The predicted octanol–water partition coefficient (Wildman–Crippen LogP) is 2.57. The summed E-state index contributed by atoms with van der Waals surface area (Å²) >= 11 is 0. The van der Waals surface area contributed by atoms with E-state index in [1.807, 2.05) is 6.20 Å². The van der Waals surface area contributed by atoms with Crippen molar-refractivity contribution in [1.82, 2.24) is 10.2 Å². The van der Waals surface area contributed by atoms with Gasteiger partial charge in [-0.1, -0.05) is 0 Å². The lowest BCUT2D eigenvalue weighted by Gasteiger charge is -2.28. The van der Waals surface area contributed by atoms with E-state index in [0.717, 1.165) is 0 Å². The van der Waals surface area contributed by atoms with E-state index in [0.29, 0.717) is 6.07 Å². The van der Waals surface area contributed by atoms with Crippen LogP contribution in [-0.2, 0) is 5.67 Å². The molecule has 2 nitrogen and oxygen atoms in total. The number of hydrogen-bond acceptors (Lipinski definition) is 2. The van der Waals surface area contributed by atoms with Gasteiger partial charge >= 0.3 is 18.0 Å². The van der Waals surface area contributed by atoms with Crippen LogP contribution in [0.15, 0.2) is 12.1 Å². The number of hydrogen-bond donors (Lipinski definition) is 0. The van der Waals surface area contributed by atoms with E-state index < -0.39 is 23.7 Å². The molecule has 0 N–H and O–H groups in total. The van der Waals surface area contributed by atoms with E-state index in [4.69, 9.17) is 0 Å². The summed E-state index contributed by atoms with van der Waals surface area (Å²) in [7, 11) is 0. The first kappa shape index (κ1) is 12.7. The molecule has 0 saturated carbocycles. The standard InChI is InChI=1S/C7H2F7N2/c8-5(6(9,10)11,7(12,13)14)4-2-1-3-15-16-4/h1-2H. The summed E-state index contributed by atoms with van der Waals surface area (Å²) in [6.07, 6.45) is -10.5. The van der Waals surface area contributed by atoms with Crippen LogP contribution in [0, 0.1) is 6.20 Å². The molecule has 0 atom stereocenters. The van der Waals surface area contributed by atoms with Crippen LogP contribution in [0.5, 0.6) is 0 Å². The molecule has 0 aliphatic rings. The van der Waals surface area contributed by atoms with Gasteiger partial charge in [0.2, 0.25) is 0 Å². The normalized spacial score (nSPS) is 13.9. The molecule has 0 bridgehead atoms. The minimum absolute atomic E-state index is 0.216. The predicted molar refractivity (Wildman–Crippen MR) is 35.8 cm³/mol. The fourth-order valence-electron chi connectivity index (χ4n) is 0.900. The third-order valence-corrected chi connectivity index (χ3v) is 1.67. The molecule has 1 aromatic heterocycles. The van der Waals surface area contributed by atoms with Gasteiger partial charge in [0.05, 0.1) is 0 Å². The SMILES string of the molecule is FC(F)(F)C(F)(c1cc[c]nn1)C(F)(F)F. The molecule has 0 fully saturated rings. The van der Waals surface area contributed by atoms with E-state index in [-0.39, 0.29) is 6.07 Å². The van der Waals surface area contributed by atoms with Gasteiger partial charge in [-0.25, -0.2) is 4.39 Å². The molecule has 89 valence electrons. The molecule has 0 aliphatic carbocycles. The van der Waals surface area contributed by atoms with E-state index in [1.165, 1.54) is 0 Å². The maximum atomic E-state index is 13.2. The van der Waals surface area contributed by atoms with Crippen molar-refractivity contribution in [3.05, 3.63) is 24.0 Å². The van der Waals surface area contributed by atoms with Crippen molar-refractivity contribution in [3.63, 3.8) is 0 Å². The Hall–Kier alpha value is -1.41. The minimum atomic E-state index is -6.17. The minimum Gasteiger partial charge on any atom is -0.216 e. The van der Waals surface area contributed by atoms with Crippen LogP contribution in [0.2, 0.25) is 0 Å². The summed E-state index contributed by atoms with van der Waals surface area (Å²) in [5.74, 6) is 0. The molecule has 0 aromatic carbocycles. The van der Waals surface area contributed by atoms with E-state index in [9.17, 15) is 30.7 Å². The van der Waals surface area contributed by atoms with E-state index in [2.05, 4.69) is 10.2 Å². The van der Waals surface area contributed by atoms with Crippen LogP contribution in [-0.4, -0.2) is 22.5 Å². The molecule has 0 aliphatic heterocycles. The summed E-state index contributed by atoms with van der Waals surface area (Å²) < 4.78 is 85.8. The average molecular weight is 247 g/mol. The van der Waals surface area contributed by atoms with Gasteiger partial charge in [0, 0.05) is 0 Å². The second-order valence-corrected chi connectivity index (χ2v) is 2.70. The lowest BCUT2D eigenvalue weighted by molar-refractivity contribution is -0.350. The zero-order valence-electron chi connectivity index (χ0n) is 7.19. The quantitative estimate of drug-likeness (QED) is 0.713. The van der Waals surface area contributed by atoms with Crippen molar-refractivity contribution < 1.29 is 30.7 Å². The third-order valence-electron chi connectivity index (χ3n) is 1.67. The molecule has 1 heterocycles. The number of nitrogens with zero attached hydrogens (tertiary/aromatic N) is 2. The van der Waals surface area contributed by atoms with Gasteiger partial charge in [-0.2, -0.15) is 31.4 Å². The van der Waals surface area contributed by atoms with Crippen LogP contribution in [0.3, 0.4) is 0 Å². The fourth-order valence-corrected chi connectivity index (χ4v) is 0.900. The Labute approximate surface area is 84.1 Å². The van der Waals surface area contributed by atoms with Crippen LogP contribution in [0.25, 0.3) is 0 Å². The van der Waals surface area contributed by atoms with E-state index >= 15 is 0 Å². The van der Waals surface area contributed by atoms with Gasteiger partial charge in [-0.3, -0.25) is 0 Å². The molecule has 0 amide bonds. The Kier molecular flexibility index (Phi) is 2.82. The van der Waals surface area contributed by atoms with Crippen molar-refractivity contribution in [2.75, 3.05) is 0 Å². The molecule has 0 saturated heterocycles.